The third kappa shape index (κ3) is 3.25. The van der Waals surface area contributed by atoms with Gasteiger partial charge >= 0.3 is 0 Å². The number of aryl methyl sites for hydroxylation is 1. The molecule has 1 nitrogen and oxygen atoms in total. The zero-order valence-electron chi connectivity index (χ0n) is 12.3. The lowest BCUT2D eigenvalue weighted by molar-refractivity contribution is 0.583. The normalized spacial score (nSPS) is 12.5. The lowest BCUT2D eigenvalue weighted by Gasteiger charge is -2.16. The highest BCUT2D eigenvalue weighted by Crippen LogP contribution is 2.32. The van der Waals surface area contributed by atoms with Crippen LogP contribution in [0.1, 0.15) is 31.0 Å². The summed E-state index contributed by atoms with van der Waals surface area (Å²) in [5, 5.41) is 3.76. The largest absolute Gasteiger partial charge is 0.310 e. The molecule has 112 valence electrons. The van der Waals surface area contributed by atoms with E-state index in [9.17, 15) is 8.78 Å². The Balaban J connectivity index is 2.48. The van der Waals surface area contributed by atoms with E-state index in [1.54, 1.807) is 19.1 Å². The van der Waals surface area contributed by atoms with E-state index in [1.165, 1.54) is 12.1 Å². The van der Waals surface area contributed by atoms with Crippen molar-refractivity contribution in [3.05, 3.63) is 58.1 Å². The van der Waals surface area contributed by atoms with Crippen molar-refractivity contribution in [1.29, 1.82) is 0 Å². The Morgan fingerprint density at radius 3 is 2.52 bits per heavy atom. The Kier molecular flexibility index (Phi) is 4.96. The molecule has 1 unspecified atom stereocenters. The number of hydrogen-bond donors (Lipinski definition) is 1. The Bertz CT molecular complexity index is 655. The van der Waals surface area contributed by atoms with E-state index in [1.807, 2.05) is 19.9 Å². The predicted octanol–water partition coefficient (Wildman–Crippen LogP) is 5.26. The van der Waals surface area contributed by atoms with Crippen LogP contribution in [-0.2, 0) is 0 Å². The fraction of sp³-hybridized carbons (Fsp3) is 0.294. The van der Waals surface area contributed by atoms with Crippen LogP contribution in [0, 0.1) is 18.6 Å². The van der Waals surface area contributed by atoms with Crippen molar-refractivity contribution in [3.8, 4) is 11.1 Å². The first-order valence-corrected chi connectivity index (χ1v) is 7.31. The minimum absolute atomic E-state index is 0.0282. The van der Waals surface area contributed by atoms with Crippen LogP contribution in [0.2, 0.25) is 5.02 Å². The smallest absolute Gasteiger partial charge is 0.136 e. The molecule has 0 bridgehead atoms. The topological polar surface area (TPSA) is 12.0 Å². The molecular formula is C17H18ClF2N. The lowest BCUT2D eigenvalue weighted by atomic mass is 9.99. The molecule has 2 aromatic rings. The molecular weight excluding hydrogens is 292 g/mol. The van der Waals surface area contributed by atoms with Crippen LogP contribution >= 0.6 is 11.6 Å². The number of rotatable bonds is 4. The molecule has 4 heteroatoms. The minimum atomic E-state index is -0.582. The van der Waals surface area contributed by atoms with E-state index in [-0.39, 0.29) is 11.6 Å². The van der Waals surface area contributed by atoms with E-state index in [2.05, 4.69) is 5.32 Å². The second-order valence-corrected chi connectivity index (χ2v) is 5.48. The molecule has 0 aliphatic rings. The molecule has 2 rings (SSSR count). The van der Waals surface area contributed by atoms with Gasteiger partial charge in [-0.1, -0.05) is 36.7 Å². The summed E-state index contributed by atoms with van der Waals surface area (Å²) in [6.45, 7) is 6.44. The quantitative estimate of drug-likeness (QED) is 0.812. The maximum Gasteiger partial charge on any atom is 0.136 e. The summed E-state index contributed by atoms with van der Waals surface area (Å²) in [5.74, 6) is -1.12. The van der Waals surface area contributed by atoms with E-state index >= 15 is 0 Å². The maximum atomic E-state index is 14.2. The second kappa shape index (κ2) is 6.54. The summed E-state index contributed by atoms with van der Waals surface area (Å²) in [5.41, 5.74) is 1.74. The third-order valence-corrected chi connectivity index (χ3v) is 3.88. The van der Waals surface area contributed by atoms with E-state index in [0.717, 1.165) is 12.1 Å². The van der Waals surface area contributed by atoms with E-state index in [0.29, 0.717) is 16.1 Å². The molecule has 0 saturated heterocycles. The zero-order chi connectivity index (χ0) is 15.6. The summed E-state index contributed by atoms with van der Waals surface area (Å²) >= 11 is 6.27. The Labute approximate surface area is 128 Å². The van der Waals surface area contributed by atoms with Crippen LogP contribution in [0.5, 0.6) is 0 Å². The Hall–Kier alpha value is -1.45. The van der Waals surface area contributed by atoms with Crippen molar-refractivity contribution in [2.24, 2.45) is 0 Å². The molecule has 0 aliphatic carbocycles. The van der Waals surface area contributed by atoms with Gasteiger partial charge in [-0.15, -0.1) is 0 Å². The molecule has 0 aliphatic heterocycles. The molecule has 0 aromatic heterocycles. The minimum Gasteiger partial charge on any atom is -0.310 e. The highest BCUT2D eigenvalue weighted by atomic mass is 35.5. The average Bonchev–Trinajstić information content (AvgIpc) is 2.44. The van der Waals surface area contributed by atoms with Gasteiger partial charge in [0.25, 0.3) is 0 Å². The predicted molar refractivity (Wildman–Crippen MR) is 83.6 cm³/mol. The lowest BCUT2D eigenvalue weighted by Crippen LogP contribution is -2.17. The van der Waals surface area contributed by atoms with Crippen molar-refractivity contribution in [2.45, 2.75) is 26.8 Å². The molecule has 1 atom stereocenters. The number of benzene rings is 2. The first-order valence-electron chi connectivity index (χ1n) is 6.93. The Morgan fingerprint density at radius 2 is 1.90 bits per heavy atom. The van der Waals surface area contributed by atoms with Gasteiger partial charge < -0.3 is 5.32 Å². The van der Waals surface area contributed by atoms with Gasteiger partial charge in [-0.2, -0.15) is 0 Å². The van der Waals surface area contributed by atoms with Crippen molar-refractivity contribution in [1.82, 2.24) is 5.32 Å². The van der Waals surface area contributed by atoms with Gasteiger partial charge in [0.1, 0.15) is 11.6 Å². The summed E-state index contributed by atoms with van der Waals surface area (Å²) in [6.07, 6.45) is 0. The van der Waals surface area contributed by atoms with Gasteiger partial charge in [0, 0.05) is 11.1 Å². The van der Waals surface area contributed by atoms with Gasteiger partial charge in [0.05, 0.1) is 5.56 Å². The molecule has 0 heterocycles. The fourth-order valence-electron chi connectivity index (χ4n) is 2.37. The van der Waals surface area contributed by atoms with Crippen LogP contribution in [0.3, 0.4) is 0 Å². The van der Waals surface area contributed by atoms with Crippen molar-refractivity contribution < 1.29 is 8.78 Å². The van der Waals surface area contributed by atoms with Gasteiger partial charge in [-0.3, -0.25) is 0 Å². The Morgan fingerprint density at radius 1 is 1.19 bits per heavy atom. The third-order valence-electron chi connectivity index (χ3n) is 3.55. The molecule has 0 spiro atoms. The van der Waals surface area contributed by atoms with Crippen LogP contribution in [-0.4, -0.2) is 6.54 Å². The standard InChI is InChI=1S/C17H18ClF2N/c1-4-21-11(3)13-7-6-12(9-14(13)18)16-15(19)8-5-10(2)17(16)20/h5-9,11,21H,4H2,1-3H3. The van der Waals surface area contributed by atoms with Crippen molar-refractivity contribution in [3.63, 3.8) is 0 Å². The van der Waals surface area contributed by atoms with E-state index < -0.39 is 11.6 Å². The molecule has 0 amide bonds. The monoisotopic (exact) mass is 309 g/mol. The zero-order valence-corrected chi connectivity index (χ0v) is 13.1. The molecule has 21 heavy (non-hydrogen) atoms. The van der Waals surface area contributed by atoms with Crippen LogP contribution < -0.4 is 5.32 Å². The van der Waals surface area contributed by atoms with E-state index in [4.69, 9.17) is 11.6 Å². The number of halogens is 3. The summed E-state index contributed by atoms with van der Waals surface area (Å²) in [6, 6.07) is 7.92. The van der Waals surface area contributed by atoms with Crippen LogP contribution in [0.15, 0.2) is 30.3 Å². The summed E-state index contributed by atoms with van der Waals surface area (Å²) in [7, 11) is 0. The van der Waals surface area contributed by atoms with Crippen LogP contribution in [0.25, 0.3) is 11.1 Å². The highest BCUT2D eigenvalue weighted by Gasteiger charge is 2.16. The summed E-state index contributed by atoms with van der Waals surface area (Å²) < 4.78 is 28.1. The average molecular weight is 310 g/mol. The van der Waals surface area contributed by atoms with Crippen molar-refractivity contribution >= 4 is 11.6 Å². The van der Waals surface area contributed by atoms with Gasteiger partial charge in [-0.05, 0) is 49.2 Å². The van der Waals surface area contributed by atoms with Gasteiger partial charge in [0.2, 0.25) is 0 Å². The first-order chi connectivity index (χ1) is 9.95. The number of hydrogen-bond acceptors (Lipinski definition) is 1. The number of nitrogens with one attached hydrogen (secondary N) is 1. The molecule has 0 saturated carbocycles. The summed E-state index contributed by atoms with van der Waals surface area (Å²) in [4.78, 5) is 0. The molecule has 0 fully saturated rings. The first kappa shape index (κ1) is 15.9. The van der Waals surface area contributed by atoms with Crippen molar-refractivity contribution in [2.75, 3.05) is 6.54 Å². The fourth-order valence-corrected chi connectivity index (χ4v) is 2.72. The van der Waals surface area contributed by atoms with Gasteiger partial charge in [0.15, 0.2) is 0 Å². The SMILES string of the molecule is CCNC(C)c1ccc(-c2c(F)ccc(C)c2F)cc1Cl. The second-order valence-electron chi connectivity index (χ2n) is 5.07. The maximum absolute atomic E-state index is 14.2. The highest BCUT2D eigenvalue weighted by molar-refractivity contribution is 6.31. The molecule has 2 aromatic carbocycles. The molecule has 0 radical (unpaired) electrons. The van der Waals surface area contributed by atoms with Gasteiger partial charge in [-0.25, -0.2) is 8.78 Å². The van der Waals surface area contributed by atoms with Crippen LogP contribution in [0.4, 0.5) is 8.78 Å². The molecule has 1 N–H and O–H groups in total.